The van der Waals surface area contributed by atoms with E-state index < -0.39 is 0 Å². The molecule has 1 N–H and O–H groups in total. The normalized spacial score (nSPS) is 16.7. The number of benzene rings is 2. The summed E-state index contributed by atoms with van der Waals surface area (Å²) in [6, 6.07) is 11.6. The van der Waals surface area contributed by atoms with Crippen molar-refractivity contribution in [1.29, 1.82) is 0 Å². The van der Waals surface area contributed by atoms with Crippen LogP contribution in [-0.2, 0) is 6.54 Å². The molecule has 28 heavy (non-hydrogen) atoms. The first-order chi connectivity index (χ1) is 13.7. The zero-order chi connectivity index (χ0) is 19.1. The van der Waals surface area contributed by atoms with Gasteiger partial charge in [0, 0.05) is 54.8 Å². The minimum absolute atomic E-state index is 0.0521. The smallest absolute Gasteiger partial charge is 0.256 e. The number of aromatic nitrogens is 1. The third-order valence-corrected chi connectivity index (χ3v) is 5.61. The van der Waals surface area contributed by atoms with Crippen molar-refractivity contribution in [2.24, 2.45) is 0 Å². The van der Waals surface area contributed by atoms with Crippen LogP contribution in [0.25, 0.3) is 10.9 Å². The van der Waals surface area contributed by atoms with E-state index in [1.807, 2.05) is 35.2 Å². The lowest BCUT2D eigenvalue weighted by molar-refractivity contribution is 0.0630. The average molecular weight is 398 g/mol. The number of carbonyl (C=O) groups excluding carboxylic acids is 1. The third kappa shape index (κ3) is 3.19. The molecule has 3 heterocycles. The Balaban J connectivity index is 1.24. The molecule has 1 amide bonds. The summed E-state index contributed by atoms with van der Waals surface area (Å²) in [5.74, 6) is 1.67. The number of halogens is 1. The van der Waals surface area contributed by atoms with Gasteiger partial charge in [-0.05, 0) is 35.9 Å². The Hall–Kier alpha value is -2.70. The number of H-pyrrole nitrogens is 1. The van der Waals surface area contributed by atoms with Crippen molar-refractivity contribution in [3.8, 4) is 11.5 Å². The molecule has 0 atom stereocenters. The van der Waals surface area contributed by atoms with Crippen molar-refractivity contribution in [2.45, 2.75) is 6.54 Å². The summed E-state index contributed by atoms with van der Waals surface area (Å²) in [4.78, 5) is 20.4. The van der Waals surface area contributed by atoms with Crippen LogP contribution in [0.4, 0.5) is 0 Å². The zero-order valence-electron chi connectivity index (χ0n) is 15.3. The first kappa shape index (κ1) is 17.4. The summed E-state index contributed by atoms with van der Waals surface area (Å²) in [7, 11) is 0. The average Bonchev–Trinajstić information content (AvgIpc) is 3.34. The summed E-state index contributed by atoms with van der Waals surface area (Å²) in [6.07, 6.45) is 1.78. The summed E-state index contributed by atoms with van der Waals surface area (Å²) < 4.78 is 10.8. The molecular weight excluding hydrogens is 378 g/mol. The standard InChI is InChI=1S/C21H20ClN3O3/c22-15-2-3-18-16(10-15)17(11-23-18)21(26)25-7-5-24(6-8-25)12-14-1-4-19-20(9-14)28-13-27-19/h1-4,9-11,23H,5-8,12-13H2. The molecule has 3 aromatic rings. The highest BCUT2D eigenvalue weighted by Crippen LogP contribution is 2.33. The second kappa shape index (κ2) is 7.04. The van der Waals surface area contributed by atoms with Gasteiger partial charge >= 0.3 is 0 Å². The molecule has 0 aliphatic carbocycles. The Morgan fingerprint density at radius 2 is 1.86 bits per heavy atom. The first-order valence-electron chi connectivity index (χ1n) is 9.34. The number of nitrogens with one attached hydrogen (secondary N) is 1. The maximum absolute atomic E-state index is 13.0. The Morgan fingerprint density at radius 3 is 2.71 bits per heavy atom. The Bertz CT molecular complexity index is 1040. The van der Waals surface area contributed by atoms with E-state index in [1.54, 1.807) is 6.20 Å². The van der Waals surface area contributed by atoms with Crippen LogP contribution in [0, 0.1) is 0 Å². The van der Waals surface area contributed by atoms with Crippen molar-refractivity contribution < 1.29 is 14.3 Å². The highest BCUT2D eigenvalue weighted by molar-refractivity contribution is 6.31. The predicted octanol–water partition coefficient (Wildman–Crippen LogP) is 3.51. The van der Waals surface area contributed by atoms with Crippen molar-refractivity contribution in [3.63, 3.8) is 0 Å². The van der Waals surface area contributed by atoms with Crippen LogP contribution in [-0.4, -0.2) is 53.7 Å². The van der Waals surface area contributed by atoms with Crippen molar-refractivity contribution in [2.75, 3.05) is 33.0 Å². The van der Waals surface area contributed by atoms with Gasteiger partial charge in [-0.2, -0.15) is 0 Å². The van der Waals surface area contributed by atoms with Crippen LogP contribution in [0.2, 0.25) is 5.02 Å². The summed E-state index contributed by atoms with van der Waals surface area (Å²) in [6.45, 7) is 4.21. The molecule has 2 aromatic carbocycles. The highest BCUT2D eigenvalue weighted by Gasteiger charge is 2.24. The van der Waals surface area contributed by atoms with Gasteiger partial charge < -0.3 is 19.4 Å². The van der Waals surface area contributed by atoms with Gasteiger partial charge in [-0.25, -0.2) is 0 Å². The molecule has 6 nitrogen and oxygen atoms in total. The Morgan fingerprint density at radius 1 is 1.04 bits per heavy atom. The third-order valence-electron chi connectivity index (χ3n) is 5.38. The quantitative estimate of drug-likeness (QED) is 0.734. The van der Waals surface area contributed by atoms with Crippen molar-refractivity contribution in [1.82, 2.24) is 14.8 Å². The molecule has 0 saturated carbocycles. The second-order valence-electron chi connectivity index (χ2n) is 7.15. The number of amides is 1. The van der Waals surface area contributed by atoms with Crippen LogP contribution < -0.4 is 9.47 Å². The number of carbonyl (C=O) groups is 1. The summed E-state index contributed by atoms with van der Waals surface area (Å²) >= 11 is 6.11. The number of nitrogens with zero attached hydrogens (tertiary/aromatic N) is 2. The predicted molar refractivity (Wildman–Crippen MR) is 107 cm³/mol. The molecule has 0 bridgehead atoms. The van der Waals surface area contributed by atoms with E-state index in [0.717, 1.165) is 42.0 Å². The van der Waals surface area contributed by atoms with E-state index in [0.29, 0.717) is 30.5 Å². The second-order valence-corrected chi connectivity index (χ2v) is 7.58. The van der Waals surface area contributed by atoms with Crippen LogP contribution in [0.15, 0.2) is 42.6 Å². The number of ether oxygens (including phenoxy) is 2. The van der Waals surface area contributed by atoms with Crippen molar-refractivity contribution >= 4 is 28.4 Å². The Kier molecular flexibility index (Phi) is 4.37. The fraction of sp³-hybridized carbons (Fsp3) is 0.286. The Labute approximate surface area is 167 Å². The molecule has 2 aliphatic heterocycles. The lowest BCUT2D eigenvalue weighted by Gasteiger charge is -2.34. The van der Waals surface area contributed by atoms with Gasteiger partial charge in [0.1, 0.15) is 0 Å². The van der Waals surface area contributed by atoms with Gasteiger partial charge in [0.05, 0.1) is 5.56 Å². The van der Waals surface area contributed by atoms with E-state index in [-0.39, 0.29) is 5.91 Å². The minimum atomic E-state index is 0.0521. The maximum Gasteiger partial charge on any atom is 0.256 e. The molecular formula is C21H20ClN3O3. The minimum Gasteiger partial charge on any atom is -0.454 e. The number of rotatable bonds is 3. The van der Waals surface area contributed by atoms with Gasteiger partial charge in [0.25, 0.3) is 5.91 Å². The van der Waals surface area contributed by atoms with E-state index in [2.05, 4.69) is 16.0 Å². The SMILES string of the molecule is O=C(c1c[nH]c2ccc(Cl)cc12)N1CCN(Cc2ccc3c(c2)OCO3)CC1. The van der Waals surface area contributed by atoms with Gasteiger partial charge in [0.15, 0.2) is 11.5 Å². The molecule has 0 radical (unpaired) electrons. The number of hydrogen-bond acceptors (Lipinski definition) is 4. The maximum atomic E-state index is 13.0. The van der Waals surface area contributed by atoms with Gasteiger partial charge in [0.2, 0.25) is 6.79 Å². The lowest BCUT2D eigenvalue weighted by atomic mass is 10.1. The van der Waals surface area contributed by atoms with Gasteiger partial charge in [-0.3, -0.25) is 9.69 Å². The van der Waals surface area contributed by atoms with E-state index in [9.17, 15) is 4.79 Å². The molecule has 0 spiro atoms. The van der Waals surface area contributed by atoms with Crippen molar-refractivity contribution in [3.05, 3.63) is 58.7 Å². The molecule has 5 rings (SSSR count). The van der Waals surface area contributed by atoms with E-state index >= 15 is 0 Å². The van der Waals surface area contributed by atoms with E-state index in [4.69, 9.17) is 21.1 Å². The van der Waals surface area contributed by atoms with Crippen LogP contribution in [0.1, 0.15) is 15.9 Å². The van der Waals surface area contributed by atoms with Crippen LogP contribution in [0.5, 0.6) is 11.5 Å². The zero-order valence-corrected chi connectivity index (χ0v) is 16.0. The number of fused-ring (bicyclic) bond motifs is 2. The number of aromatic amines is 1. The van der Waals surface area contributed by atoms with Gasteiger partial charge in [-0.15, -0.1) is 0 Å². The van der Waals surface area contributed by atoms with E-state index in [1.165, 1.54) is 5.56 Å². The summed E-state index contributed by atoms with van der Waals surface area (Å²) in [5.41, 5.74) is 2.80. The molecule has 144 valence electrons. The first-order valence-corrected chi connectivity index (χ1v) is 9.72. The molecule has 0 unspecified atom stereocenters. The van der Waals surface area contributed by atoms with Crippen LogP contribution >= 0.6 is 11.6 Å². The molecule has 1 aromatic heterocycles. The molecule has 2 aliphatic rings. The molecule has 1 fully saturated rings. The number of piperazine rings is 1. The fourth-order valence-corrected chi connectivity index (χ4v) is 4.02. The highest BCUT2D eigenvalue weighted by atomic mass is 35.5. The number of hydrogen-bond donors (Lipinski definition) is 1. The monoisotopic (exact) mass is 397 g/mol. The lowest BCUT2D eigenvalue weighted by Crippen LogP contribution is -2.48. The summed E-state index contributed by atoms with van der Waals surface area (Å²) in [5, 5.41) is 1.51. The fourth-order valence-electron chi connectivity index (χ4n) is 3.85. The molecule has 1 saturated heterocycles. The molecule has 7 heteroatoms. The van der Waals surface area contributed by atoms with Gasteiger partial charge in [-0.1, -0.05) is 17.7 Å². The largest absolute Gasteiger partial charge is 0.454 e. The van der Waals surface area contributed by atoms with Crippen LogP contribution in [0.3, 0.4) is 0 Å². The topological polar surface area (TPSA) is 57.8 Å².